The molecule has 0 aliphatic carbocycles. The predicted molar refractivity (Wildman–Crippen MR) is 126 cm³/mol. The number of rotatable bonds is 13. The molecule has 0 saturated heterocycles. The fraction of sp³-hybridized carbons (Fsp3) is 0.692. The van der Waals surface area contributed by atoms with Gasteiger partial charge in [-0.2, -0.15) is 0 Å². The third-order valence-electron chi connectivity index (χ3n) is 5.02. The molecule has 0 saturated carbocycles. The zero-order valence-corrected chi connectivity index (χ0v) is 20.5. The Bertz CT molecular complexity index is 649. The van der Waals surface area contributed by atoms with Gasteiger partial charge in [-0.25, -0.2) is 9.59 Å². The summed E-state index contributed by atoms with van der Waals surface area (Å²) in [5.74, 6) is -0.428. The second-order valence-electron chi connectivity index (χ2n) is 9.94. The van der Waals surface area contributed by atoms with E-state index in [1.165, 1.54) is 32.1 Å². The van der Waals surface area contributed by atoms with Gasteiger partial charge in [0.15, 0.2) is 0 Å². The Morgan fingerprint density at radius 2 is 1.45 bits per heavy atom. The molecule has 0 aromatic heterocycles. The summed E-state index contributed by atoms with van der Waals surface area (Å²) in [5.41, 5.74) is -0.266. The van der Waals surface area contributed by atoms with Crippen molar-refractivity contribution in [1.82, 2.24) is 5.32 Å². The Labute approximate surface area is 189 Å². The van der Waals surface area contributed by atoms with Gasteiger partial charge >= 0.3 is 12.1 Å². The van der Waals surface area contributed by atoms with Crippen molar-refractivity contribution in [3.8, 4) is 0 Å². The molecule has 0 spiro atoms. The van der Waals surface area contributed by atoms with Gasteiger partial charge in [-0.05, 0) is 53.0 Å². The maximum Gasteiger partial charge on any atom is 0.408 e. The Morgan fingerprint density at radius 1 is 0.871 bits per heavy atom. The highest BCUT2D eigenvalue weighted by Gasteiger charge is 2.30. The molecule has 5 nitrogen and oxygen atoms in total. The van der Waals surface area contributed by atoms with Gasteiger partial charge in [0.1, 0.15) is 17.2 Å². The average molecular weight is 434 g/mol. The van der Waals surface area contributed by atoms with Gasteiger partial charge in [0, 0.05) is 6.42 Å². The zero-order valence-electron chi connectivity index (χ0n) is 20.5. The van der Waals surface area contributed by atoms with E-state index in [9.17, 15) is 9.59 Å². The first kappa shape index (κ1) is 27.0. The number of carbonyl (C=O) groups is 2. The van der Waals surface area contributed by atoms with Crippen molar-refractivity contribution < 1.29 is 19.1 Å². The van der Waals surface area contributed by atoms with Gasteiger partial charge in [0.2, 0.25) is 0 Å². The Hall–Kier alpha value is -2.04. The van der Waals surface area contributed by atoms with Gasteiger partial charge in [0.05, 0.1) is 0 Å². The highest BCUT2D eigenvalue weighted by atomic mass is 16.6. The van der Waals surface area contributed by atoms with Crippen molar-refractivity contribution in [2.75, 3.05) is 0 Å². The predicted octanol–water partition coefficient (Wildman–Crippen LogP) is 6.58. The van der Waals surface area contributed by atoms with Crippen molar-refractivity contribution in [2.45, 2.75) is 117 Å². The van der Waals surface area contributed by atoms with Crippen molar-refractivity contribution in [3.63, 3.8) is 0 Å². The minimum Gasteiger partial charge on any atom is -0.458 e. The van der Waals surface area contributed by atoms with E-state index in [2.05, 4.69) is 12.2 Å². The number of unbranched alkanes of at least 4 members (excludes halogenated alkanes) is 6. The molecular weight excluding hydrogens is 390 g/mol. The molecule has 1 atom stereocenters. The average Bonchev–Trinajstić information content (AvgIpc) is 2.65. The molecule has 0 fully saturated rings. The molecule has 1 N–H and O–H groups in total. The van der Waals surface area contributed by atoms with Crippen LogP contribution in [0, 0.1) is 0 Å². The quantitative estimate of drug-likeness (QED) is 0.282. The summed E-state index contributed by atoms with van der Waals surface area (Å²) in [5, 5.41) is 2.70. The molecule has 5 heteroatoms. The smallest absolute Gasteiger partial charge is 0.408 e. The second kappa shape index (κ2) is 13.4. The number of benzene rings is 1. The lowest BCUT2D eigenvalue weighted by Crippen LogP contribution is -2.47. The standard InChI is InChI=1S/C26H43NO4/c1-7-8-9-10-11-12-16-19-26(5,6)30-23(28)22(20-21-17-14-13-15-18-21)27-24(29)31-25(2,3)4/h13-15,17-18,22H,7-12,16,19-20H2,1-6H3,(H,27,29)/t22-/m0/s1. The second-order valence-corrected chi connectivity index (χ2v) is 9.94. The summed E-state index contributed by atoms with van der Waals surface area (Å²) in [4.78, 5) is 25.3. The number of hydrogen-bond donors (Lipinski definition) is 1. The SMILES string of the molecule is CCCCCCCCCC(C)(C)OC(=O)[C@H](Cc1ccccc1)NC(=O)OC(C)(C)C. The Balaban J connectivity index is 2.64. The van der Waals surface area contributed by atoms with E-state index < -0.39 is 29.3 Å². The van der Waals surface area contributed by atoms with Crippen LogP contribution < -0.4 is 5.32 Å². The topological polar surface area (TPSA) is 64.6 Å². The molecule has 0 unspecified atom stereocenters. The number of hydrogen-bond acceptors (Lipinski definition) is 4. The first-order valence-corrected chi connectivity index (χ1v) is 11.8. The first-order valence-electron chi connectivity index (χ1n) is 11.8. The van der Waals surface area contributed by atoms with Gasteiger partial charge in [0.25, 0.3) is 0 Å². The zero-order chi connectivity index (χ0) is 23.3. The molecule has 0 aliphatic heterocycles. The normalized spacial score (nSPS) is 12.8. The third kappa shape index (κ3) is 13.1. The van der Waals surface area contributed by atoms with Crippen molar-refractivity contribution >= 4 is 12.1 Å². The van der Waals surface area contributed by atoms with E-state index in [0.717, 1.165) is 24.8 Å². The molecule has 0 aliphatic rings. The van der Waals surface area contributed by atoms with Crippen molar-refractivity contribution in [2.24, 2.45) is 0 Å². The largest absolute Gasteiger partial charge is 0.458 e. The van der Waals surface area contributed by atoms with Crippen LogP contribution in [0.3, 0.4) is 0 Å². The maximum absolute atomic E-state index is 13.0. The maximum atomic E-state index is 13.0. The monoisotopic (exact) mass is 433 g/mol. The number of amides is 1. The van der Waals surface area contributed by atoms with Crippen LogP contribution in [0.5, 0.6) is 0 Å². The minimum atomic E-state index is -0.800. The summed E-state index contributed by atoms with van der Waals surface area (Å²) in [6, 6.07) is 8.81. The summed E-state index contributed by atoms with van der Waals surface area (Å²) < 4.78 is 11.2. The Morgan fingerprint density at radius 3 is 2.03 bits per heavy atom. The van der Waals surface area contributed by atoms with Crippen LogP contribution in [0.4, 0.5) is 4.79 Å². The number of ether oxygens (including phenoxy) is 2. The molecule has 1 aromatic carbocycles. The fourth-order valence-corrected chi connectivity index (χ4v) is 3.40. The van der Waals surface area contributed by atoms with E-state index >= 15 is 0 Å². The number of carbonyl (C=O) groups excluding carboxylic acids is 2. The lowest BCUT2D eigenvalue weighted by Gasteiger charge is -2.29. The number of nitrogens with one attached hydrogen (secondary N) is 1. The molecule has 31 heavy (non-hydrogen) atoms. The summed E-state index contributed by atoms with van der Waals surface area (Å²) in [6.45, 7) is 11.5. The lowest BCUT2D eigenvalue weighted by molar-refractivity contribution is -0.159. The summed E-state index contributed by atoms with van der Waals surface area (Å²) >= 11 is 0. The van der Waals surface area contributed by atoms with Crippen LogP contribution in [0.2, 0.25) is 0 Å². The molecular formula is C26H43NO4. The Kier molecular flexibility index (Phi) is 11.7. The van der Waals surface area contributed by atoms with E-state index in [1.807, 2.05) is 44.2 Å². The van der Waals surface area contributed by atoms with E-state index in [-0.39, 0.29) is 0 Å². The molecule has 1 amide bonds. The molecule has 0 bridgehead atoms. The van der Waals surface area contributed by atoms with Gasteiger partial charge in [-0.3, -0.25) is 0 Å². The highest BCUT2D eigenvalue weighted by molar-refractivity contribution is 5.82. The lowest BCUT2D eigenvalue weighted by atomic mass is 9.98. The fourth-order valence-electron chi connectivity index (χ4n) is 3.40. The summed E-state index contributed by atoms with van der Waals surface area (Å²) in [6.07, 6.45) is 9.06. The van der Waals surface area contributed by atoms with Crippen LogP contribution >= 0.6 is 0 Å². The van der Waals surface area contributed by atoms with Crippen LogP contribution in [0.15, 0.2) is 30.3 Å². The number of esters is 1. The number of alkyl carbamates (subject to hydrolysis) is 1. The molecule has 1 rings (SSSR count). The first-order chi connectivity index (χ1) is 14.5. The van der Waals surface area contributed by atoms with Gasteiger partial charge in [-0.1, -0.05) is 75.8 Å². The minimum absolute atomic E-state index is 0.354. The van der Waals surface area contributed by atoms with E-state index in [4.69, 9.17) is 9.47 Å². The van der Waals surface area contributed by atoms with Crippen LogP contribution in [0.25, 0.3) is 0 Å². The van der Waals surface area contributed by atoms with Crippen LogP contribution in [-0.4, -0.2) is 29.3 Å². The molecule has 1 aromatic rings. The summed E-state index contributed by atoms with van der Waals surface area (Å²) in [7, 11) is 0. The van der Waals surface area contributed by atoms with Gasteiger partial charge in [-0.15, -0.1) is 0 Å². The van der Waals surface area contributed by atoms with Crippen LogP contribution in [-0.2, 0) is 20.7 Å². The molecule has 0 radical (unpaired) electrons. The van der Waals surface area contributed by atoms with Crippen LogP contribution in [0.1, 0.15) is 98.5 Å². The molecule has 0 heterocycles. The third-order valence-corrected chi connectivity index (χ3v) is 5.02. The highest BCUT2D eigenvalue weighted by Crippen LogP contribution is 2.21. The van der Waals surface area contributed by atoms with Crippen molar-refractivity contribution in [3.05, 3.63) is 35.9 Å². The van der Waals surface area contributed by atoms with E-state index in [1.54, 1.807) is 20.8 Å². The van der Waals surface area contributed by atoms with E-state index in [0.29, 0.717) is 6.42 Å². The van der Waals surface area contributed by atoms with Gasteiger partial charge < -0.3 is 14.8 Å². The van der Waals surface area contributed by atoms with Crippen molar-refractivity contribution in [1.29, 1.82) is 0 Å². The molecule has 176 valence electrons.